The average molecular weight is 199 g/mol. The first-order chi connectivity index (χ1) is 6.43. The van der Waals surface area contributed by atoms with Crippen LogP contribution in [-0.2, 0) is 14.3 Å². The lowest BCUT2D eigenvalue weighted by Crippen LogP contribution is -2.17. The number of carbonyl (C=O) groups is 2. The second kappa shape index (κ2) is 9.51. The van der Waals surface area contributed by atoms with E-state index in [9.17, 15) is 4.79 Å². The van der Waals surface area contributed by atoms with Gasteiger partial charge >= 0.3 is 5.97 Å². The summed E-state index contributed by atoms with van der Waals surface area (Å²) in [5, 5.41) is 9.14. The monoisotopic (exact) mass is 199 g/mol. The SMILES string of the molecule is C=CC(=O)OCC(C)C.C=CC(=O)[O-]. The molecule has 0 aliphatic rings. The Balaban J connectivity index is 0. The molecule has 0 aliphatic carbocycles. The van der Waals surface area contributed by atoms with Crippen molar-refractivity contribution in [1.82, 2.24) is 0 Å². The summed E-state index contributed by atoms with van der Waals surface area (Å²) in [5.41, 5.74) is 0. The summed E-state index contributed by atoms with van der Waals surface area (Å²) in [5.74, 6) is -1.18. The van der Waals surface area contributed by atoms with Gasteiger partial charge in [-0.15, -0.1) is 0 Å². The largest absolute Gasteiger partial charge is 0.545 e. The van der Waals surface area contributed by atoms with Gasteiger partial charge in [-0.2, -0.15) is 0 Å². The third-order valence-corrected chi connectivity index (χ3v) is 0.892. The van der Waals surface area contributed by atoms with Crippen LogP contribution < -0.4 is 5.11 Å². The predicted octanol–water partition coefficient (Wildman–Crippen LogP) is 0.294. The number of rotatable bonds is 4. The Hall–Kier alpha value is -1.58. The van der Waals surface area contributed by atoms with Crippen LogP contribution in [0.3, 0.4) is 0 Å². The maximum atomic E-state index is 10.4. The van der Waals surface area contributed by atoms with Gasteiger partial charge in [0.25, 0.3) is 0 Å². The molecule has 0 radical (unpaired) electrons. The minimum absolute atomic E-state index is 0.344. The molecule has 0 rings (SSSR count). The van der Waals surface area contributed by atoms with Crippen LogP contribution in [0, 0.1) is 5.92 Å². The molecule has 0 heterocycles. The molecule has 0 atom stereocenters. The van der Waals surface area contributed by atoms with Gasteiger partial charge < -0.3 is 14.6 Å². The molecule has 0 fully saturated rings. The van der Waals surface area contributed by atoms with E-state index in [2.05, 4.69) is 13.2 Å². The highest BCUT2D eigenvalue weighted by Crippen LogP contribution is 1.92. The van der Waals surface area contributed by atoms with Crippen LogP contribution in [0.15, 0.2) is 25.3 Å². The molecule has 0 saturated carbocycles. The van der Waals surface area contributed by atoms with Gasteiger partial charge in [0, 0.05) is 6.08 Å². The Morgan fingerprint density at radius 3 is 2.00 bits per heavy atom. The number of ether oxygens (including phenoxy) is 1. The molecule has 0 aliphatic heterocycles. The van der Waals surface area contributed by atoms with Crippen molar-refractivity contribution in [3.63, 3.8) is 0 Å². The first-order valence-electron chi connectivity index (χ1n) is 4.06. The van der Waals surface area contributed by atoms with Crippen molar-refractivity contribution in [3.05, 3.63) is 25.3 Å². The summed E-state index contributed by atoms with van der Waals surface area (Å²) < 4.78 is 4.70. The first-order valence-corrected chi connectivity index (χ1v) is 4.06. The van der Waals surface area contributed by atoms with Crippen LogP contribution in [0.25, 0.3) is 0 Å². The number of carbonyl (C=O) groups excluding carboxylic acids is 2. The van der Waals surface area contributed by atoms with Gasteiger partial charge in [0.1, 0.15) is 0 Å². The Labute approximate surface area is 83.9 Å². The fraction of sp³-hybridized carbons (Fsp3) is 0.400. The van der Waals surface area contributed by atoms with E-state index in [-0.39, 0.29) is 5.97 Å². The Morgan fingerprint density at radius 2 is 1.79 bits per heavy atom. The molecule has 4 nitrogen and oxygen atoms in total. The number of esters is 1. The molecule has 0 unspecified atom stereocenters. The lowest BCUT2D eigenvalue weighted by Gasteiger charge is -2.02. The Bertz CT molecular complexity index is 206. The normalized spacial score (nSPS) is 8.21. The average Bonchev–Trinajstić information content (AvgIpc) is 2.14. The summed E-state index contributed by atoms with van der Waals surface area (Å²) >= 11 is 0. The van der Waals surface area contributed by atoms with Crippen molar-refractivity contribution in [2.45, 2.75) is 13.8 Å². The zero-order valence-electron chi connectivity index (χ0n) is 8.49. The minimum atomic E-state index is -1.23. The Morgan fingerprint density at radius 1 is 1.36 bits per heavy atom. The second-order valence-electron chi connectivity index (χ2n) is 2.75. The van der Waals surface area contributed by atoms with E-state index >= 15 is 0 Å². The quantitative estimate of drug-likeness (QED) is 0.482. The van der Waals surface area contributed by atoms with Crippen LogP contribution in [0.1, 0.15) is 13.8 Å². The molecule has 80 valence electrons. The van der Waals surface area contributed by atoms with E-state index in [0.717, 1.165) is 6.08 Å². The van der Waals surface area contributed by atoms with Crippen molar-refractivity contribution in [2.24, 2.45) is 5.92 Å². The molecule has 0 amide bonds. The van der Waals surface area contributed by atoms with E-state index < -0.39 is 5.97 Å². The van der Waals surface area contributed by atoms with Crippen LogP contribution >= 0.6 is 0 Å². The lowest BCUT2D eigenvalue weighted by molar-refractivity contribution is -0.297. The molecule has 14 heavy (non-hydrogen) atoms. The predicted molar refractivity (Wildman–Crippen MR) is 51.2 cm³/mol. The fourth-order valence-corrected chi connectivity index (χ4v) is 0.308. The first kappa shape index (κ1) is 14.9. The fourth-order valence-electron chi connectivity index (χ4n) is 0.308. The number of carboxylic acid groups (broad SMARTS) is 1. The molecule has 0 aromatic carbocycles. The van der Waals surface area contributed by atoms with Crippen LogP contribution in [-0.4, -0.2) is 18.5 Å². The molecular formula is C10H15O4-. The lowest BCUT2D eigenvalue weighted by atomic mass is 10.2. The Kier molecular flexibility index (Phi) is 10.1. The summed E-state index contributed by atoms with van der Waals surface area (Å²) in [6, 6.07) is 0. The highest BCUT2D eigenvalue weighted by molar-refractivity contribution is 5.81. The minimum Gasteiger partial charge on any atom is -0.545 e. The van der Waals surface area contributed by atoms with E-state index in [4.69, 9.17) is 14.6 Å². The van der Waals surface area contributed by atoms with Crippen molar-refractivity contribution in [3.8, 4) is 0 Å². The maximum Gasteiger partial charge on any atom is 0.330 e. The van der Waals surface area contributed by atoms with Gasteiger partial charge in [-0.3, -0.25) is 0 Å². The molecule has 0 aromatic rings. The summed E-state index contributed by atoms with van der Waals surface area (Å²) in [7, 11) is 0. The number of hydrogen-bond acceptors (Lipinski definition) is 4. The van der Waals surface area contributed by atoms with Crippen molar-refractivity contribution in [1.29, 1.82) is 0 Å². The van der Waals surface area contributed by atoms with Gasteiger partial charge in [0.05, 0.1) is 12.6 Å². The molecular weight excluding hydrogens is 184 g/mol. The summed E-state index contributed by atoms with van der Waals surface area (Å²) in [6.45, 7) is 10.6. The van der Waals surface area contributed by atoms with Gasteiger partial charge in [-0.1, -0.05) is 27.0 Å². The number of carboxylic acids is 1. The topological polar surface area (TPSA) is 66.4 Å². The van der Waals surface area contributed by atoms with Crippen molar-refractivity contribution in [2.75, 3.05) is 6.61 Å². The van der Waals surface area contributed by atoms with Gasteiger partial charge in [-0.25, -0.2) is 4.79 Å². The summed E-state index contributed by atoms with van der Waals surface area (Å²) in [6.07, 6.45) is 1.89. The van der Waals surface area contributed by atoms with E-state index in [1.807, 2.05) is 13.8 Å². The standard InChI is InChI=1S/C7H12O2.C3H4O2/c1-4-7(8)9-5-6(2)3;1-2-3(4)5/h4,6H,1,5H2,2-3H3;2H,1H2,(H,4,5)/p-1. The molecule has 0 bridgehead atoms. The number of aliphatic carboxylic acids is 1. The van der Waals surface area contributed by atoms with Crippen LogP contribution in [0.4, 0.5) is 0 Å². The molecule has 0 N–H and O–H groups in total. The van der Waals surface area contributed by atoms with Crippen LogP contribution in [0.2, 0.25) is 0 Å². The third kappa shape index (κ3) is 16.8. The van der Waals surface area contributed by atoms with E-state index in [1.165, 1.54) is 6.08 Å². The van der Waals surface area contributed by atoms with Crippen molar-refractivity contribution < 1.29 is 19.4 Å². The maximum absolute atomic E-state index is 10.4. The van der Waals surface area contributed by atoms with E-state index in [1.54, 1.807) is 0 Å². The van der Waals surface area contributed by atoms with Crippen molar-refractivity contribution >= 4 is 11.9 Å². The molecule has 0 spiro atoms. The molecule has 0 aromatic heterocycles. The van der Waals surface area contributed by atoms with E-state index in [0.29, 0.717) is 12.5 Å². The molecule has 0 saturated heterocycles. The third-order valence-electron chi connectivity index (χ3n) is 0.892. The van der Waals surface area contributed by atoms with Gasteiger partial charge in [0.15, 0.2) is 0 Å². The highest BCUT2D eigenvalue weighted by atomic mass is 16.5. The van der Waals surface area contributed by atoms with Gasteiger partial charge in [-0.05, 0) is 12.0 Å². The van der Waals surface area contributed by atoms with Crippen LogP contribution in [0.5, 0.6) is 0 Å². The molecule has 4 heteroatoms. The second-order valence-corrected chi connectivity index (χ2v) is 2.75. The zero-order valence-corrected chi connectivity index (χ0v) is 8.49. The zero-order chi connectivity index (χ0) is 11.6. The number of hydrogen-bond donors (Lipinski definition) is 0. The van der Waals surface area contributed by atoms with Gasteiger partial charge in [0.2, 0.25) is 0 Å². The summed E-state index contributed by atoms with van der Waals surface area (Å²) in [4.78, 5) is 19.5. The smallest absolute Gasteiger partial charge is 0.330 e. The highest BCUT2D eigenvalue weighted by Gasteiger charge is 1.96.